The molecule has 2 saturated heterocycles. The maximum absolute atomic E-state index is 13.4. The molecule has 0 spiro atoms. The molecule has 2 fully saturated rings. The molecule has 0 aliphatic carbocycles. The molecule has 1 amide bonds. The second-order valence-electron chi connectivity index (χ2n) is 6.62. The molecule has 3 rings (SSSR count). The molecule has 5 nitrogen and oxygen atoms in total. The van der Waals surface area contributed by atoms with Crippen LogP contribution in [-0.2, 0) is 12.7 Å². The van der Waals surface area contributed by atoms with Gasteiger partial charge >= 0.3 is 6.18 Å². The lowest BCUT2D eigenvalue weighted by Crippen LogP contribution is -2.47. The van der Waals surface area contributed by atoms with Crippen molar-refractivity contribution in [1.29, 1.82) is 0 Å². The Labute approximate surface area is 139 Å². The third-order valence-electron chi connectivity index (χ3n) is 5.22. The number of rotatable bonds is 3. The van der Waals surface area contributed by atoms with Gasteiger partial charge in [-0.3, -0.25) is 9.48 Å². The van der Waals surface area contributed by atoms with E-state index in [9.17, 15) is 18.0 Å². The van der Waals surface area contributed by atoms with Crippen LogP contribution >= 0.6 is 0 Å². The number of aromatic nitrogens is 2. The van der Waals surface area contributed by atoms with Crippen molar-refractivity contribution in [3.63, 3.8) is 0 Å². The molecule has 0 radical (unpaired) electrons. The van der Waals surface area contributed by atoms with Crippen molar-refractivity contribution in [3.8, 4) is 0 Å². The van der Waals surface area contributed by atoms with Gasteiger partial charge in [0.05, 0.1) is 11.8 Å². The largest absolute Gasteiger partial charge is 0.433 e. The van der Waals surface area contributed by atoms with Crippen molar-refractivity contribution in [3.05, 3.63) is 17.5 Å². The summed E-state index contributed by atoms with van der Waals surface area (Å²) in [6.45, 7) is 3.16. The van der Waals surface area contributed by atoms with Crippen LogP contribution in [0.1, 0.15) is 48.7 Å². The van der Waals surface area contributed by atoms with Crippen molar-refractivity contribution in [2.75, 3.05) is 20.1 Å². The number of alkyl halides is 3. The number of hydrogen-bond acceptors (Lipinski definition) is 3. The lowest BCUT2D eigenvalue weighted by molar-refractivity contribution is -0.144. The van der Waals surface area contributed by atoms with E-state index in [1.807, 2.05) is 7.05 Å². The first kappa shape index (κ1) is 17.3. The Morgan fingerprint density at radius 3 is 2.50 bits per heavy atom. The third kappa shape index (κ3) is 2.92. The minimum Gasteiger partial charge on any atom is -0.334 e. The van der Waals surface area contributed by atoms with Crippen LogP contribution in [0.2, 0.25) is 0 Å². The molecule has 2 aliphatic heterocycles. The highest BCUT2D eigenvalue weighted by Gasteiger charge is 2.44. The predicted molar refractivity (Wildman–Crippen MR) is 82.6 cm³/mol. The smallest absolute Gasteiger partial charge is 0.334 e. The molecule has 0 unspecified atom stereocenters. The Kier molecular flexibility index (Phi) is 4.59. The van der Waals surface area contributed by atoms with Gasteiger partial charge in [-0.1, -0.05) is 0 Å². The van der Waals surface area contributed by atoms with E-state index >= 15 is 0 Å². The normalized spacial score (nSPS) is 25.6. The molecule has 8 heteroatoms. The zero-order valence-corrected chi connectivity index (χ0v) is 14.0. The first-order valence-electron chi connectivity index (χ1n) is 8.48. The summed E-state index contributed by atoms with van der Waals surface area (Å²) in [6.07, 6.45) is 0.236. The number of aryl methyl sites for hydroxylation is 1. The monoisotopic (exact) mass is 344 g/mol. The van der Waals surface area contributed by atoms with Crippen molar-refractivity contribution >= 4 is 5.91 Å². The molecule has 1 aromatic rings. The standard InChI is InChI=1S/C16H23F3N4O/c1-3-23-14(16(17,18)19)11(10-20-23)15(24)22-9-5-7-13(22)12-6-4-8-21(12)2/h10,12-13H,3-9H2,1-2H3/t12-,13+/m1/s1. The van der Waals surface area contributed by atoms with E-state index in [0.717, 1.165) is 43.1 Å². The molecule has 24 heavy (non-hydrogen) atoms. The summed E-state index contributed by atoms with van der Waals surface area (Å²) in [7, 11) is 2.02. The highest BCUT2D eigenvalue weighted by molar-refractivity contribution is 5.95. The highest BCUT2D eigenvalue weighted by Crippen LogP contribution is 2.35. The number of likely N-dealkylation sites (N-methyl/N-ethyl adjacent to an activating group) is 1. The van der Waals surface area contributed by atoms with Crippen LogP contribution in [0.25, 0.3) is 0 Å². The van der Waals surface area contributed by atoms with Crippen LogP contribution in [0.3, 0.4) is 0 Å². The second kappa shape index (κ2) is 6.38. The lowest BCUT2D eigenvalue weighted by atomic mass is 10.0. The average Bonchev–Trinajstić information content (AvgIpc) is 3.23. The third-order valence-corrected chi connectivity index (χ3v) is 5.22. The number of carbonyl (C=O) groups excluding carboxylic acids is 1. The Morgan fingerprint density at radius 2 is 1.92 bits per heavy atom. The SMILES string of the molecule is CCn1ncc(C(=O)N2CCC[C@H]2[C@H]2CCCN2C)c1C(F)(F)F. The van der Waals surface area contributed by atoms with E-state index in [-0.39, 0.29) is 24.2 Å². The van der Waals surface area contributed by atoms with Crippen LogP contribution in [0.15, 0.2) is 6.20 Å². The molecular weight excluding hydrogens is 321 g/mol. The molecule has 2 atom stereocenters. The molecule has 3 heterocycles. The maximum atomic E-state index is 13.4. The van der Waals surface area contributed by atoms with Gasteiger partial charge in [-0.25, -0.2) is 0 Å². The number of nitrogens with zero attached hydrogens (tertiary/aromatic N) is 4. The molecule has 0 bridgehead atoms. The molecule has 1 aromatic heterocycles. The fourth-order valence-electron chi connectivity index (χ4n) is 4.10. The summed E-state index contributed by atoms with van der Waals surface area (Å²) in [5.41, 5.74) is -1.25. The van der Waals surface area contributed by atoms with Gasteiger partial charge in [0.1, 0.15) is 0 Å². The Balaban J connectivity index is 1.90. The van der Waals surface area contributed by atoms with E-state index in [0.29, 0.717) is 6.54 Å². The van der Waals surface area contributed by atoms with Gasteiger partial charge in [0.25, 0.3) is 5.91 Å². The minimum absolute atomic E-state index is 0.00365. The predicted octanol–water partition coefficient (Wildman–Crippen LogP) is 2.62. The van der Waals surface area contributed by atoms with Crippen LogP contribution in [-0.4, -0.2) is 57.7 Å². The summed E-state index contributed by atoms with van der Waals surface area (Å²) >= 11 is 0. The number of amides is 1. The maximum Gasteiger partial charge on any atom is 0.433 e. The van der Waals surface area contributed by atoms with Gasteiger partial charge in [0, 0.05) is 25.2 Å². The van der Waals surface area contributed by atoms with Gasteiger partial charge in [-0.05, 0) is 46.2 Å². The molecule has 0 N–H and O–H groups in total. The Morgan fingerprint density at radius 1 is 1.25 bits per heavy atom. The highest BCUT2D eigenvalue weighted by atomic mass is 19.4. The van der Waals surface area contributed by atoms with Crippen molar-refractivity contribution < 1.29 is 18.0 Å². The Bertz CT molecular complexity index is 613. The first-order valence-corrected chi connectivity index (χ1v) is 8.48. The van der Waals surface area contributed by atoms with Crippen LogP contribution in [0, 0.1) is 0 Å². The van der Waals surface area contributed by atoms with Crippen molar-refractivity contribution in [2.24, 2.45) is 0 Å². The molecule has 0 aromatic carbocycles. The summed E-state index contributed by atoms with van der Waals surface area (Å²) in [6, 6.07) is 0.239. The van der Waals surface area contributed by atoms with E-state index in [1.54, 1.807) is 11.8 Å². The van der Waals surface area contributed by atoms with Gasteiger partial charge < -0.3 is 9.80 Å². The van der Waals surface area contributed by atoms with Crippen LogP contribution in [0.5, 0.6) is 0 Å². The summed E-state index contributed by atoms with van der Waals surface area (Å²) < 4.78 is 41.1. The van der Waals surface area contributed by atoms with Gasteiger partial charge in [-0.2, -0.15) is 18.3 Å². The molecule has 2 aliphatic rings. The van der Waals surface area contributed by atoms with E-state index < -0.39 is 17.8 Å². The quantitative estimate of drug-likeness (QED) is 0.846. The number of halogens is 3. The number of carbonyl (C=O) groups is 1. The van der Waals surface area contributed by atoms with Gasteiger partial charge in [0.2, 0.25) is 0 Å². The lowest BCUT2D eigenvalue weighted by Gasteiger charge is -2.33. The molecule has 0 saturated carbocycles. The first-order chi connectivity index (χ1) is 11.3. The van der Waals surface area contributed by atoms with E-state index in [4.69, 9.17) is 0 Å². The van der Waals surface area contributed by atoms with E-state index in [1.165, 1.54) is 0 Å². The van der Waals surface area contributed by atoms with Crippen LogP contribution in [0.4, 0.5) is 13.2 Å². The van der Waals surface area contributed by atoms with Gasteiger partial charge in [0.15, 0.2) is 5.69 Å². The minimum atomic E-state index is -4.59. The van der Waals surface area contributed by atoms with E-state index in [2.05, 4.69) is 10.00 Å². The summed E-state index contributed by atoms with van der Waals surface area (Å²) in [5, 5.41) is 3.77. The summed E-state index contributed by atoms with van der Waals surface area (Å²) in [5.74, 6) is -0.537. The average molecular weight is 344 g/mol. The zero-order chi connectivity index (χ0) is 17.5. The second-order valence-corrected chi connectivity index (χ2v) is 6.62. The number of likely N-dealkylation sites (tertiary alicyclic amines) is 2. The zero-order valence-electron chi connectivity index (χ0n) is 14.0. The molecular formula is C16H23F3N4O. The van der Waals surface area contributed by atoms with Crippen molar-refractivity contribution in [2.45, 2.75) is 57.4 Å². The number of hydrogen-bond donors (Lipinski definition) is 0. The topological polar surface area (TPSA) is 41.4 Å². The fourth-order valence-corrected chi connectivity index (χ4v) is 4.10. The Hall–Kier alpha value is -1.57. The van der Waals surface area contributed by atoms with Crippen molar-refractivity contribution in [1.82, 2.24) is 19.6 Å². The van der Waals surface area contributed by atoms with Gasteiger partial charge in [-0.15, -0.1) is 0 Å². The fraction of sp³-hybridized carbons (Fsp3) is 0.750. The summed E-state index contributed by atoms with van der Waals surface area (Å²) in [4.78, 5) is 16.7. The molecule has 134 valence electrons. The van der Waals surface area contributed by atoms with Crippen LogP contribution < -0.4 is 0 Å².